The molecule has 4 amide bonds. The summed E-state index contributed by atoms with van der Waals surface area (Å²) in [6, 6.07) is -2.92. The van der Waals surface area contributed by atoms with Crippen molar-refractivity contribution >= 4 is 23.6 Å². The van der Waals surface area contributed by atoms with Crippen molar-refractivity contribution < 1.29 is 29.4 Å². The number of rotatable bonds is 10. The van der Waals surface area contributed by atoms with Crippen LogP contribution in [0.4, 0.5) is 0 Å². The van der Waals surface area contributed by atoms with E-state index in [9.17, 15) is 29.4 Å². The van der Waals surface area contributed by atoms with E-state index in [1.807, 2.05) is 6.08 Å². The first kappa shape index (κ1) is 31.1. The monoisotopic (exact) mass is 506 g/mol. The quantitative estimate of drug-likeness (QED) is 0.145. The summed E-state index contributed by atoms with van der Waals surface area (Å²) in [5.41, 5.74) is 0. The molecule has 1 rings (SSSR count). The lowest BCUT2D eigenvalue weighted by atomic mass is 10.0. The van der Waals surface area contributed by atoms with Gasteiger partial charge in [0.2, 0.25) is 23.6 Å². The minimum atomic E-state index is -1.31. The number of carbonyl (C=O) groups is 4. The summed E-state index contributed by atoms with van der Waals surface area (Å²) in [5.74, 6) is -1.57. The molecule has 0 saturated heterocycles. The first-order valence-corrected chi connectivity index (χ1v) is 12.6. The normalized spacial score (nSPS) is 24.4. The van der Waals surface area contributed by atoms with Crippen LogP contribution in [0.2, 0.25) is 0 Å². The highest BCUT2D eigenvalue weighted by molar-refractivity contribution is 5.95. The van der Waals surface area contributed by atoms with Crippen molar-refractivity contribution in [2.75, 3.05) is 6.54 Å². The van der Waals surface area contributed by atoms with Crippen LogP contribution in [-0.4, -0.2) is 70.7 Å². The Kier molecular flexibility index (Phi) is 14.4. The van der Waals surface area contributed by atoms with Crippen molar-refractivity contribution in [3.8, 4) is 0 Å². The number of carbonyl (C=O) groups excluding carboxylic acids is 4. The first-order chi connectivity index (χ1) is 17.0. The van der Waals surface area contributed by atoms with Gasteiger partial charge in [0.05, 0.1) is 12.2 Å². The Labute approximate surface area is 213 Å². The first-order valence-electron chi connectivity index (χ1n) is 12.6. The largest absolute Gasteiger partial charge is 0.393 e. The Hall–Kier alpha value is -2.98. The van der Waals surface area contributed by atoms with E-state index in [4.69, 9.17) is 0 Å². The van der Waals surface area contributed by atoms with Crippen LogP contribution in [0.3, 0.4) is 0 Å². The fourth-order valence-corrected chi connectivity index (χ4v) is 3.48. The lowest BCUT2D eigenvalue weighted by molar-refractivity contribution is -0.134. The molecule has 0 bridgehead atoms. The van der Waals surface area contributed by atoms with Gasteiger partial charge < -0.3 is 31.5 Å². The zero-order valence-corrected chi connectivity index (χ0v) is 21.7. The molecule has 0 radical (unpaired) electrons. The van der Waals surface area contributed by atoms with Gasteiger partial charge in [-0.2, -0.15) is 0 Å². The number of hydrogen-bond acceptors (Lipinski definition) is 6. The minimum absolute atomic E-state index is 0.105. The van der Waals surface area contributed by atoms with Gasteiger partial charge >= 0.3 is 0 Å². The molecule has 0 spiro atoms. The molecule has 0 fully saturated rings. The third-order valence-corrected chi connectivity index (χ3v) is 5.53. The Morgan fingerprint density at radius 1 is 1.22 bits per heavy atom. The Morgan fingerprint density at radius 3 is 2.61 bits per heavy atom. The molecule has 5 atom stereocenters. The molecule has 1 heterocycles. The number of amides is 4. The van der Waals surface area contributed by atoms with Crippen molar-refractivity contribution in [1.82, 2.24) is 21.3 Å². The standard InChI is InChI=1S/C26H42N4O6/c1-17(2)10-8-6-5-7-9-11-23(34)30-24(19(4)31)26(36)29-21-16-20(32)14-15-27-22(33)13-12-18(3)28-25(21)35/h5,7,9,11-13,17-21,24,31-32H,6,8,10,14-16H2,1-4H3,(H,27,33)(H,28,35)(H,29,36)(H,30,34)/b7-5-,11-9+,13-12-/t18-,19+,20+,21+,24+/m0/s1. The fraction of sp³-hybridized carbons (Fsp3) is 0.615. The smallest absolute Gasteiger partial charge is 0.245 e. The van der Waals surface area contributed by atoms with E-state index in [0.717, 1.165) is 19.3 Å². The van der Waals surface area contributed by atoms with Gasteiger partial charge in [0.25, 0.3) is 0 Å². The zero-order chi connectivity index (χ0) is 27.1. The summed E-state index contributed by atoms with van der Waals surface area (Å²) in [4.78, 5) is 49.6. The average Bonchev–Trinajstić information content (AvgIpc) is 2.79. The van der Waals surface area contributed by atoms with Gasteiger partial charge in [-0.3, -0.25) is 19.2 Å². The molecule has 202 valence electrons. The van der Waals surface area contributed by atoms with Gasteiger partial charge in [-0.25, -0.2) is 0 Å². The molecule has 0 aromatic carbocycles. The van der Waals surface area contributed by atoms with Crippen LogP contribution >= 0.6 is 0 Å². The van der Waals surface area contributed by atoms with Gasteiger partial charge in [-0.15, -0.1) is 0 Å². The van der Waals surface area contributed by atoms with E-state index in [0.29, 0.717) is 5.92 Å². The summed E-state index contributed by atoms with van der Waals surface area (Å²) in [5, 5.41) is 30.7. The molecule has 0 aliphatic carbocycles. The van der Waals surface area contributed by atoms with E-state index in [2.05, 4.69) is 35.1 Å². The summed E-state index contributed by atoms with van der Waals surface area (Å²) in [7, 11) is 0. The van der Waals surface area contributed by atoms with Gasteiger partial charge in [0.15, 0.2) is 0 Å². The SMILES string of the molecule is CC(C)CCC/C=C\C=C\C(=O)N[C@@H](C(=O)N[C@@H]1C[C@H](O)CCNC(=O)/C=C\[C@H](C)NC1=O)[C@@H](C)O. The molecule has 36 heavy (non-hydrogen) atoms. The Balaban J connectivity index is 2.79. The van der Waals surface area contributed by atoms with Gasteiger partial charge in [0.1, 0.15) is 12.1 Å². The van der Waals surface area contributed by atoms with Crippen molar-refractivity contribution in [1.29, 1.82) is 0 Å². The van der Waals surface area contributed by atoms with Gasteiger partial charge in [-0.1, -0.05) is 44.6 Å². The summed E-state index contributed by atoms with van der Waals surface area (Å²) in [6.07, 6.45) is 10.3. The fourth-order valence-electron chi connectivity index (χ4n) is 3.48. The zero-order valence-electron chi connectivity index (χ0n) is 21.7. The van der Waals surface area contributed by atoms with Crippen LogP contribution in [-0.2, 0) is 19.2 Å². The second kappa shape index (κ2) is 16.6. The van der Waals surface area contributed by atoms with Gasteiger partial charge in [0, 0.05) is 31.2 Å². The minimum Gasteiger partial charge on any atom is -0.393 e. The van der Waals surface area contributed by atoms with Crippen LogP contribution in [0.5, 0.6) is 0 Å². The highest BCUT2D eigenvalue weighted by Crippen LogP contribution is 2.07. The number of nitrogens with one attached hydrogen (secondary N) is 4. The van der Waals surface area contributed by atoms with Crippen molar-refractivity contribution in [2.24, 2.45) is 5.92 Å². The molecular formula is C26H42N4O6. The summed E-state index contributed by atoms with van der Waals surface area (Å²) in [6.45, 7) is 7.54. The Bertz CT molecular complexity index is 821. The molecule has 10 nitrogen and oxygen atoms in total. The van der Waals surface area contributed by atoms with Crippen LogP contribution in [0.25, 0.3) is 0 Å². The van der Waals surface area contributed by atoms with Gasteiger partial charge in [-0.05, 0) is 39.0 Å². The third-order valence-electron chi connectivity index (χ3n) is 5.53. The number of unbranched alkanes of at least 4 members (excludes halogenated alkanes) is 1. The number of hydrogen-bond donors (Lipinski definition) is 6. The van der Waals surface area contributed by atoms with Crippen LogP contribution < -0.4 is 21.3 Å². The van der Waals surface area contributed by atoms with Crippen LogP contribution in [0.15, 0.2) is 36.5 Å². The Morgan fingerprint density at radius 2 is 1.94 bits per heavy atom. The lowest BCUT2D eigenvalue weighted by Gasteiger charge is -2.26. The summed E-state index contributed by atoms with van der Waals surface area (Å²) < 4.78 is 0. The second-order valence-corrected chi connectivity index (χ2v) is 9.53. The molecule has 0 saturated carbocycles. The van der Waals surface area contributed by atoms with E-state index in [-0.39, 0.29) is 25.3 Å². The maximum absolute atomic E-state index is 12.9. The molecular weight excluding hydrogens is 464 g/mol. The third kappa shape index (κ3) is 13.2. The molecule has 0 unspecified atom stereocenters. The molecule has 0 aromatic rings. The van der Waals surface area contributed by atoms with E-state index in [1.165, 1.54) is 25.2 Å². The highest BCUT2D eigenvalue weighted by atomic mass is 16.3. The maximum Gasteiger partial charge on any atom is 0.245 e. The van der Waals surface area contributed by atoms with Crippen molar-refractivity contribution in [3.05, 3.63) is 36.5 Å². The predicted molar refractivity (Wildman–Crippen MR) is 138 cm³/mol. The molecule has 1 aliphatic rings. The van der Waals surface area contributed by atoms with Crippen LogP contribution in [0, 0.1) is 5.92 Å². The number of aliphatic hydroxyl groups is 2. The molecule has 0 aromatic heterocycles. The lowest BCUT2D eigenvalue weighted by Crippen LogP contribution is -2.58. The highest BCUT2D eigenvalue weighted by Gasteiger charge is 2.31. The molecule has 6 N–H and O–H groups in total. The second-order valence-electron chi connectivity index (χ2n) is 9.53. The van der Waals surface area contributed by atoms with Crippen molar-refractivity contribution in [3.63, 3.8) is 0 Å². The molecule has 1 aliphatic heterocycles. The van der Waals surface area contributed by atoms with E-state index in [1.54, 1.807) is 19.1 Å². The van der Waals surface area contributed by atoms with E-state index >= 15 is 0 Å². The number of aliphatic hydroxyl groups excluding tert-OH is 2. The topological polar surface area (TPSA) is 157 Å². The molecule has 10 heteroatoms. The maximum atomic E-state index is 12.9. The average molecular weight is 507 g/mol. The predicted octanol–water partition coefficient (Wildman–Crippen LogP) is 0.607. The van der Waals surface area contributed by atoms with E-state index < -0.39 is 48.1 Å². The van der Waals surface area contributed by atoms with Crippen LogP contribution in [0.1, 0.15) is 59.8 Å². The van der Waals surface area contributed by atoms with Crippen molar-refractivity contribution in [2.45, 2.75) is 90.1 Å². The summed E-state index contributed by atoms with van der Waals surface area (Å²) >= 11 is 0. The number of allylic oxidation sites excluding steroid dienone is 3.